The molecule has 2 N–H and O–H groups in total. The number of benzene rings is 2. The Morgan fingerprint density at radius 3 is 2.79 bits per heavy atom. The highest BCUT2D eigenvalue weighted by molar-refractivity contribution is 7.99. The fraction of sp³-hybridized carbons (Fsp3) is 0.227. The molecule has 29 heavy (non-hydrogen) atoms. The summed E-state index contributed by atoms with van der Waals surface area (Å²) in [7, 11) is 0. The molecular formula is C22H22N4OS2. The van der Waals surface area contributed by atoms with Gasteiger partial charge in [0.25, 0.3) is 0 Å². The van der Waals surface area contributed by atoms with E-state index < -0.39 is 0 Å². The molecule has 4 rings (SSSR count). The lowest BCUT2D eigenvalue weighted by molar-refractivity contribution is -0.113. The second-order valence-corrected chi connectivity index (χ2v) is 8.71. The van der Waals surface area contributed by atoms with Gasteiger partial charge in [-0.2, -0.15) is 0 Å². The van der Waals surface area contributed by atoms with Crippen molar-refractivity contribution < 1.29 is 4.79 Å². The van der Waals surface area contributed by atoms with Gasteiger partial charge >= 0.3 is 0 Å². The first-order valence-corrected chi connectivity index (χ1v) is 11.4. The molecule has 2 aromatic carbocycles. The number of fused-ring (bicyclic) bond motifs is 1. The number of rotatable bonds is 7. The van der Waals surface area contributed by atoms with E-state index in [1.54, 1.807) is 0 Å². The molecule has 2 heterocycles. The zero-order chi connectivity index (χ0) is 20.2. The van der Waals surface area contributed by atoms with Gasteiger partial charge in [0.15, 0.2) is 10.3 Å². The maximum atomic E-state index is 12.3. The summed E-state index contributed by atoms with van der Waals surface area (Å²) in [6.07, 6.45) is 2.22. The van der Waals surface area contributed by atoms with E-state index in [0.717, 1.165) is 40.3 Å². The maximum absolute atomic E-state index is 12.3. The number of aromatic amines is 1. The van der Waals surface area contributed by atoms with Gasteiger partial charge in [-0.1, -0.05) is 55.4 Å². The van der Waals surface area contributed by atoms with Crippen molar-refractivity contribution in [3.05, 3.63) is 59.0 Å². The van der Waals surface area contributed by atoms with Crippen LogP contribution >= 0.6 is 23.1 Å². The van der Waals surface area contributed by atoms with E-state index in [1.165, 1.54) is 34.2 Å². The van der Waals surface area contributed by atoms with E-state index in [-0.39, 0.29) is 11.7 Å². The Labute approximate surface area is 178 Å². The first-order valence-electron chi connectivity index (χ1n) is 9.54. The highest BCUT2D eigenvalue weighted by Gasteiger charge is 2.11. The Morgan fingerprint density at radius 2 is 2.00 bits per heavy atom. The van der Waals surface area contributed by atoms with Crippen LogP contribution in [-0.4, -0.2) is 26.6 Å². The highest BCUT2D eigenvalue weighted by atomic mass is 32.2. The standard InChI is InChI=1S/C22H22N4OS2/c1-3-4-15-6-8-16(9-7-15)19-12-28-22(25-19)26-20(27)13-29-21-23-17-10-5-14(2)11-18(17)24-21/h5-12H,3-4,13H2,1-2H3,(H,23,24)(H,25,26,27). The number of carbonyl (C=O) groups is 1. The first-order chi connectivity index (χ1) is 14.1. The molecule has 0 fully saturated rings. The van der Waals surface area contributed by atoms with Gasteiger partial charge in [-0.15, -0.1) is 11.3 Å². The lowest BCUT2D eigenvalue weighted by Gasteiger charge is -2.01. The molecular weight excluding hydrogens is 400 g/mol. The number of amides is 1. The smallest absolute Gasteiger partial charge is 0.236 e. The third-order valence-corrected chi connectivity index (χ3v) is 6.13. The molecule has 0 atom stereocenters. The lowest BCUT2D eigenvalue weighted by atomic mass is 10.1. The summed E-state index contributed by atoms with van der Waals surface area (Å²) in [5.74, 6) is 0.185. The van der Waals surface area contributed by atoms with Crippen molar-refractivity contribution in [1.82, 2.24) is 15.0 Å². The van der Waals surface area contributed by atoms with Crippen LogP contribution in [0, 0.1) is 6.92 Å². The monoisotopic (exact) mass is 422 g/mol. The number of aromatic nitrogens is 3. The first kappa shape index (κ1) is 19.7. The number of hydrogen-bond acceptors (Lipinski definition) is 5. The third-order valence-electron chi connectivity index (χ3n) is 4.49. The van der Waals surface area contributed by atoms with Gasteiger partial charge in [-0.3, -0.25) is 4.79 Å². The van der Waals surface area contributed by atoms with Crippen LogP contribution in [-0.2, 0) is 11.2 Å². The summed E-state index contributed by atoms with van der Waals surface area (Å²) in [5, 5.41) is 6.21. The number of carbonyl (C=O) groups excluding carboxylic acids is 1. The minimum absolute atomic E-state index is 0.0918. The molecule has 0 aliphatic rings. The second kappa shape index (κ2) is 8.80. The Bertz CT molecular complexity index is 1130. The number of thioether (sulfide) groups is 1. The molecule has 7 heteroatoms. The van der Waals surface area contributed by atoms with Crippen LogP contribution in [0.5, 0.6) is 0 Å². The van der Waals surface area contributed by atoms with Crippen LogP contribution in [0.1, 0.15) is 24.5 Å². The van der Waals surface area contributed by atoms with E-state index in [0.29, 0.717) is 5.13 Å². The normalized spacial score (nSPS) is 11.1. The molecule has 5 nitrogen and oxygen atoms in total. The Kier molecular flexibility index (Phi) is 5.97. The molecule has 0 radical (unpaired) electrons. The average Bonchev–Trinajstić information content (AvgIpc) is 3.33. The van der Waals surface area contributed by atoms with Crippen LogP contribution in [0.15, 0.2) is 53.0 Å². The van der Waals surface area contributed by atoms with Crippen LogP contribution in [0.25, 0.3) is 22.3 Å². The second-order valence-electron chi connectivity index (χ2n) is 6.88. The number of aryl methyl sites for hydroxylation is 2. The molecule has 2 aromatic heterocycles. The fourth-order valence-electron chi connectivity index (χ4n) is 3.05. The Balaban J connectivity index is 1.34. The molecule has 4 aromatic rings. The summed E-state index contributed by atoms with van der Waals surface area (Å²) >= 11 is 2.83. The summed E-state index contributed by atoms with van der Waals surface area (Å²) in [5.41, 5.74) is 6.35. The van der Waals surface area contributed by atoms with Crippen molar-refractivity contribution in [3.8, 4) is 11.3 Å². The van der Waals surface area contributed by atoms with E-state index in [9.17, 15) is 4.79 Å². The number of anilines is 1. The fourth-order valence-corrected chi connectivity index (χ4v) is 4.47. The zero-order valence-corrected chi connectivity index (χ0v) is 18.0. The molecule has 0 bridgehead atoms. The quantitative estimate of drug-likeness (QED) is 0.376. The van der Waals surface area contributed by atoms with Gasteiger partial charge in [-0.25, -0.2) is 9.97 Å². The number of nitrogens with one attached hydrogen (secondary N) is 2. The predicted octanol–water partition coefficient (Wildman–Crippen LogP) is 5.68. The van der Waals surface area contributed by atoms with Crippen LogP contribution in [0.2, 0.25) is 0 Å². The predicted molar refractivity (Wildman–Crippen MR) is 122 cm³/mol. The van der Waals surface area contributed by atoms with Crippen LogP contribution in [0.3, 0.4) is 0 Å². The summed E-state index contributed by atoms with van der Waals surface area (Å²) in [6, 6.07) is 14.5. The van der Waals surface area contributed by atoms with E-state index >= 15 is 0 Å². The van der Waals surface area contributed by atoms with Gasteiger partial charge in [-0.05, 0) is 36.6 Å². The van der Waals surface area contributed by atoms with Crippen molar-refractivity contribution in [2.75, 3.05) is 11.1 Å². The molecule has 1 amide bonds. The van der Waals surface area contributed by atoms with Gasteiger partial charge in [0.05, 0.1) is 22.5 Å². The topological polar surface area (TPSA) is 70.7 Å². The summed E-state index contributed by atoms with van der Waals surface area (Å²) < 4.78 is 0. The number of thiazole rings is 1. The molecule has 0 spiro atoms. The van der Waals surface area contributed by atoms with Gasteiger partial charge in [0.1, 0.15) is 0 Å². The Hall–Kier alpha value is -2.64. The van der Waals surface area contributed by atoms with Gasteiger partial charge < -0.3 is 10.3 Å². The minimum Gasteiger partial charge on any atom is -0.333 e. The number of imidazole rings is 1. The largest absolute Gasteiger partial charge is 0.333 e. The number of nitrogens with zero attached hydrogens (tertiary/aromatic N) is 2. The number of hydrogen-bond donors (Lipinski definition) is 2. The maximum Gasteiger partial charge on any atom is 0.236 e. The van der Waals surface area contributed by atoms with E-state index in [2.05, 4.69) is 57.5 Å². The van der Waals surface area contributed by atoms with Crippen molar-refractivity contribution in [2.45, 2.75) is 31.8 Å². The molecule has 0 unspecified atom stereocenters. The Morgan fingerprint density at radius 1 is 1.17 bits per heavy atom. The highest BCUT2D eigenvalue weighted by Crippen LogP contribution is 2.26. The SMILES string of the molecule is CCCc1ccc(-c2csc(NC(=O)CSc3nc4ccc(C)cc4[nH]3)n2)cc1. The zero-order valence-electron chi connectivity index (χ0n) is 16.4. The van der Waals surface area contributed by atoms with Gasteiger partial charge in [0.2, 0.25) is 5.91 Å². The molecule has 148 valence electrons. The molecule has 0 saturated carbocycles. The van der Waals surface area contributed by atoms with Crippen molar-refractivity contribution in [2.24, 2.45) is 0 Å². The third kappa shape index (κ3) is 4.86. The van der Waals surface area contributed by atoms with Crippen molar-refractivity contribution >= 4 is 45.2 Å². The summed E-state index contributed by atoms with van der Waals surface area (Å²) in [4.78, 5) is 24.6. The van der Waals surface area contributed by atoms with E-state index in [4.69, 9.17) is 0 Å². The van der Waals surface area contributed by atoms with Crippen LogP contribution < -0.4 is 5.32 Å². The van der Waals surface area contributed by atoms with E-state index in [1.807, 2.05) is 24.4 Å². The number of H-pyrrole nitrogens is 1. The average molecular weight is 423 g/mol. The van der Waals surface area contributed by atoms with Crippen LogP contribution in [0.4, 0.5) is 5.13 Å². The van der Waals surface area contributed by atoms with Crippen molar-refractivity contribution in [1.29, 1.82) is 0 Å². The molecule has 0 aliphatic heterocycles. The minimum atomic E-state index is -0.0918. The molecule has 0 aliphatic carbocycles. The lowest BCUT2D eigenvalue weighted by Crippen LogP contribution is -2.13. The summed E-state index contributed by atoms with van der Waals surface area (Å²) in [6.45, 7) is 4.22. The molecule has 0 saturated heterocycles. The van der Waals surface area contributed by atoms with Crippen molar-refractivity contribution in [3.63, 3.8) is 0 Å². The van der Waals surface area contributed by atoms with Gasteiger partial charge in [0, 0.05) is 10.9 Å².